The summed E-state index contributed by atoms with van der Waals surface area (Å²) in [6, 6.07) is -6.86. The van der Waals surface area contributed by atoms with Crippen molar-refractivity contribution in [2.75, 3.05) is 70.5 Å². The van der Waals surface area contributed by atoms with Crippen LogP contribution in [0.3, 0.4) is 0 Å². The van der Waals surface area contributed by atoms with Gasteiger partial charge in [0.05, 0.1) is 57.1 Å². The molecule has 14 amide bonds. The second-order valence-corrected chi connectivity index (χ2v) is 33.7. The van der Waals surface area contributed by atoms with E-state index >= 15 is 0 Å². The lowest BCUT2D eigenvalue weighted by atomic mass is 9.96. The zero-order valence-corrected chi connectivity index (χ0v) is 78.1. The number of guanidine groups is 3. The summed E-state index contributed by atoms with van der Waals surface area (Å²) in [7, 11) is 0. The first kappa shape index (κ1) is 113. The number of carboxylic acid groups (broad SMARTS) is 1. The molecule has 136 heavy (non-hydrogen) atoms. The molecule has 2 saturated heterocycles. The van der Waals surface area contributed by atoms with Crippen LogP contribution >= 0.6 is 25.3 Å². The Morgan fingerprint density at radius 3 is 1.63 bits per heavy atom. The molecule has 2 aromatic carbocycles. The van der Waals surface area contributed by atoms with Gasteiger partial charge in [0.1, 0.15) is 78.3 Å². The molecule has 2 aliphatic rings. The van der Waals surface area contributed by atoms with Crippen molar-refractivity contribution >= 4 is 149 Å². The summed E-state index contributed by atoms with van der Waals surface area (Å²) in [6.07, 6.45) is 2.84. The predicted molar refractivity (Wildman–Crippen MR) is 500 cm³/mol. The number of phenolic OH excluding ortho intramolecular Hbond substituents is 1. The van der Waals surface area contributed by atoms with E-state index in [0.29, 0.717) is 23.2 Å². The van der Waals surface area contributed by atoms with Gasteiger partial charge in [-0.25, -0.2) is 15.8 Å². The largest absolute Gasteiger partial charge is 0.508 e. The summed E-state index contributed by atoms with van der Waals surface area (Å²) in [4.78, 5) is 257. The van der Waals surface area contributed by atoms with Crippen molar-refractivity contribution in [3.05, 3.63) is 83.9 Å². The standard InChI is InChI=1S/C84H131N29O21S2/c1-6-8-17-49-72(125)105-56(35-97-49)77(130)108-59(40-135)62(116)25-29-93-60(41-136)69(122)68(121)58(39-114)107-80(133)67(44(5)7-2)110-74(127)51(19-13-27-95-83(88)89)102-75(128)52(33-65(119)120)103-79(132)66(43(3)4)109-73(126)50(18-12-26-94-82(86)87)101-64(118)37-98-63(117)36-99-71(124)53(30-45-15-10-9-11-16-45)111-112-54(32-47-34-92-42-100-47)76(129)104-55(31-46-21-23-48(115)24-22-46)81(134)113-38-57(70(85)123)106-78(131)61(113)20-14-28-96-84(90)91/h9-11,15-16,21-24,34,42-44,49-61,66-67,93,97,111-112,114-115,135-136H,6-8,12-14,17-20,25-33,35-41H2,1-5H3,(H2,85,123)(H,92,100)(H,98,117)(H,99,124)(H,101,118)(H,102,128)(H,103,132)(H,104,129)(H,105,125)(H,106,131)(H,107,133)(H,108,130)(H,109,126)(H,110,127)(H,119,120)(H4,86,87,94)(H4,88,89,95)(H4,90,91,96)/t44-,49-,50-,51?,52-,53?,54?,55-,56+,57+,58?,59-,60-,61+,66?,67-/m0/s1. The van der Waals surface area contributed by atoms with Crippen LogP contribution in [0.15, 0.2) is 67.1 Å². The second kappa shape index (κ2) is 58.9. The summed E-state index contributed by atoms with van der Waals surface area (Å²) < 4.78 is 0. The number of amides is 14. The number of carboxylic acids is 1. The number of aromatic amines is 1. The molecule has 16 atom stereocenters. The Morgan fingerprint density at radius 1 is 0.544 bits per heavy atom. The molecular weight excluding hydrogens is 1820 g/mol. The maximum atomic E-state index is 15.0. The maximum absolute atomic E-state index is 15.0. The maximum Gasteiger partial charge on any atom is 0.305 e. The molecule has 3 aromatic rings. The van der Waals surface area contributed by atoms with E-state index in [1.165, 1.54) is 57.6 Å². The van der Waals surface area contributed by atoms with Crippen molar-refractivity contribution < 1.29 is 102 Å². The van der Waals surface area contributed by atoms with Crippen molar-refractivity contribution in [3.63, 3.8) is 0 Å². The summed E-state index contributed by atoms with van der Waals surface area (Å²) in [5.74, 6) is -20.9. The minimum Gasteiger partial charge on any atom is -0.508 e. The van der Waals surface area contributed by atoms with Crippen molar-refractivity contribution in [1.29, 1.82) is 16.2 Å². The van der Waals surface area contributed by atoms with Gasteiger partial charge in [0.25, 0.3) is 0 Å². The number of primary amides is 1. The number of hydrazine groups is 1. The van der Waals surface area contributed by atoms with Gasteiger partial charge in [0.15, 0.2) is 23.7 Å². The average Bonchev–Trinajstić information content (AvgIpc) is 0.903. The van der Waals surface area contributed by atoms with E-state index in [2.05, 4.69) is 136 Å². The highest BCUT2D eigenvalue weighted by Gasteiger charge is 2.44. The fraction of sp³-hybridized carbons (Fsp3) is 0.571. The molecule has 0 radical (unpaired) electrons. The molecule has 52 heteroatoms. The lowest BCUT2D eigenvalue weighted by molar-refractivity contribution is -0.149. The van der Waals surface area contributed by atoms with Gasteiger partial charge in [-0.05, 0) is 86.5 Å². The fourth-order valence-corrected chi connectivity index (χ4v) is 14.8. The molecule has 0 saturated carbocycles. The van der Waals surface area contributed by atoms with Crippen molar-refractivity contribution in [2.45, 2.75) is 222 Å². The number of imidazole rings is 1. The van der Waals surface area contributed by atoms with Gasteiger partial charge in [-0.1, -0.05) is 96.3 Å². The first-order valence-corrected chi connectivity index (χ1v) is 45.7. The third kappa shape index (κ3) is 39.0. The van der Waals surface area contributed by atoms with Gasteiger partial charge in [-0.15, -0.1) is 0 Å². The SMILES string of the molecule is CCCC[C@@H]1NC[C@H](C(=O)N[C@@H](CS)C(=O)CCN[C@@H](CS)C(=O)C(=O)C(CO)NC(=O)[C@@H](NC(=O)C(CCCNC(=N)N)NC(=O)[C@H](CC(=O)O)NC(=O)C(NC(=O)[C@H](CCCNC(=N)N)NC(=O)CNC(=O)CNC(=O)C(Cc2ccccc2)NNC(Cc2cnc[nH]2)C(=O)N[C@@H](Cc2ccc(O)cc2)C(=O)N2C[C@H](C(N)=O)NC(=O)[C@H]2CCCNC(=N)N)C(C)C)[C@@H](C)CC)NC1=O. The first-order valence-electron chi connectivity index (χ1n) is 44.4. The molecule has 5 rings (SSSR count). The number of unbranched alkanes of at least 4 members (excludes halogenated alkanes) is 1. The zero-order chi connectivity index (χ0) is 101. The molecule has 5 unspecified atom stereocenters. The number of nitrogens with two attached hydrogens (primary N) is 4. The van der Waals surface area contributed by atoms with Crippen LogP contribution in [0, 0.1) is 28.1 Å². The predicted octanol–water partition coefficient (Wildman–Crippen LogP) is -9.21. The van der Waals surface area contributed by atoms with Crippen molar-refractivity contribution in [3.8, 4) is 5.75 Å². The quantitative estimate of drug-likeness (QED) is 0.00623. The third-order valence-electron chi connectivity index (χ3n) is 22.0. The van der Waals surface area contributed by atoms with Crippen LogP contribution in [0.1, 0.15) is 128 Å². The van der Waals surface area contributed by atoms with Gasteiger partial charge >= 0.3 is 5.97 Å². The number of hydrogen-bond acceptors (Lipinski definition) is 30. The van der Waals surface area contributed by atoms with Gasteiger partial charge in [-0.3, -0.25) is 103 Å². The van der Waals surface area contributed by atoms with Crippen LogP contribution in [0.2, 0.25) is 0 Å². The van der Waals surface area contributed by atoms with Crippen LogP contribution in [0.4, 0.5) is 0 Å². The number of aromatic hydroxyl groups is 1. The Hall–Kier alpha value is -13.2. The molecule has 50 nitrogen and oxygen atoms in total. The molecule has 0 spiro atoms. The Balaban J connectivity index is 1.27. The van der Waals surface area contributed by atoms with Crippen LogP contribution < -0.4 is 124 Å². The highest BCUT2D eigenvalue weighted by atomic mass is 32.1. The number of phenols is 1. The number of Topliss-reactive ketones (excluding diaryl/α,β-unsaturated/α-hetero) is 3. The Morgan fingerprint density at radius 2 is 1.07 bits per heavy atom. The van der Waals surface area contributed by atoms with Crippen LogP contribution in [-0.4, -0.2) is 315 Å². The summed E-state index contributed by atoms with van der Waals surface area (Å²) in [5, 5.41) is 97.0. The number of ketones is 3. The molecule has 34 N–H and O–H groups in total. The van der Waals surface area contributed by atoms with E-state index in [1.807, 2.05) is 6.92 Å². The highest BCUT2D eigenvalue weighted by molar-refractivity contribution is 7.80. The smallest absolute Gasteiger partial charge is 0.305 e. The fourth-order valence-electron chi connectivity index (χ4n) is 14.2. The Bertz CT molecular complexity index is 4600. The van der Waals surface area contributed by atoms with E-state index < -0.39 is 247 Å². The van der Waals surface area contributed by atoms with E-state index in [-0.39, 0.29) is 132 Å². The van der Waals surface area contributed by atoms with Crippen LogP contribution in [0.5, 0.6) is 5.75 Å². The number of carbonyl (C=O) groups excluding carboxylic acids is 17. The van der Waals surface area contributed by atoms with E-state index in [0.717, 1.165) is 17.7 Å². The molecule has 2 aliphatic heterocycles. The molecule has 750 valence electrons. The number of carbonyl (C=O) groups is 18. The number of aromatic nitrogens is 2. The Labute approximate surface area is 795 Å². The van der Waals surface area contributed by atoms with E-state index in [9.17, 15) is 102 Å². The first-order chi connectivity index (χ1) is 64.6. The molecule has 0 bridgehead atoms. The van der Waals surface area contributed by atoms with Crippen LogP contribution in [0.25, 0.3) is 0 Å². The number of aliphatic hydroxyl groups is 1. The molecule has 2 fully saturated rings. The zero-order valence-electron chi connectivity index (χ0n) is 76.3. The molecule has 0 aliphatic carbocycles. The van der Waals surface area contributed by atoms with Gasteiger partial charge in [0.2, 0.25) is 94.3 Å². The third-order valence-corrected chi connectivity index (χ3v) is 22.8. The second-order valence-electron chi connectivity index (χ2n) is 32.9. The summed E-state index contributed by atoms with van der Waals surface area (Å²) in [5.41, 5.74) is 29.3. The number of H-pyrrole nitrogens is 1. The molecule has 1 aromatic heterocycles. The lowest BCUT2D eigenvalue weighted by Crippen LogP contribution is -2.67. The normalized spacial score (nSPS) is 17.2. The number of benzene rings is 2. The number of thiol groups is 2. The number of aliphatic carboxylic acids is 1. The van der Waals surface area contributed by atoms with Crippen LogP contribution in [-0.2, 0) is 106 Å². The lowest BCUT2D eigenvalue weighted by Gasteiger charge is -2.40. The number of nitrogens with zero attached hydrogens (tertiary/aromatic N) is 2. The monoisotopic (exact) mass is 1950 g/mol. The number of nitrogens with one attached hydrogen (secondary N) is 23. The average molecular weight is 1950 g/mol. The van der Waals surface area contributed by atoms with Gasteiger partial charge in [-0.2, -0.15) is 25.3 Å². The summed E-state index contributed by atoms with van der Waals surface area (Å²) >= 11 is 8.41. The van der Waals surface area contributed by atoms with Crippen molar-refractivity contribution in [1.82, 2.24) is 116 Å². The highest BCUT2D eigenvalue weighted by Crippen LogP contribution is 2.21. The number of hydrogen-bond donors (Lipinski definition) is 32. The topological polar surface area (TPSA) is 804 Å². The van der Waals surface area contributed by atoms with E-state index in [4.69, 9.17) is 39.2 Å². The minimum absolute atomic E-state index is 0.0116. The minimum atomic E-state index is -2.03. The number of piperazine rings is 2. The van der Waals surface area contributed by atoms with E-state index in [1.54, 1.807) is 37.3 Å². The number of rotatable bonds is 62. The number of aliphatic hydroxyl groups excluding tert-OH is 1. The van der Waals surface area contributed by atoms with Gasteiger partial charge in [0, 0.05) is 75.4 Å². The van der Waals surface area contributed by atoms with Crippen molar-refractivity contribution in [2.24, 2.45) is 34.8 Å². The van der Waals surface area contributed by atoms with Gasteiger partial charge < -0.3 is 139 Å². The molecular formula is C84H131N29O21S2. The summed E-state index contributed by atoms with van der Waals surface area (Å²) in [6.45, 7) is 4.81. The Kier molecular flexibility index (Phi) is 49.0. The molecule has 3 heterocycles.